The lowest BCUT2D eigenvalue weighted by molar-refractivity contribution is -0.122. The first-order valence-electron chi connectivity index (χ1n) is 4.35. The molecule has 1 heterocycles. The number of carbonyl (C=O) groups excluding carboxylic acids is 1. The maximum atomic E-state index is 11.2. The standard InChI is InChI=1S/C10H12N2O/c1-7-6-8(11)2-3-9(7)12-5-4-10(12)13/h2-3,6H,4-5,11H2,1H3. The third-order valence-corrected chi connectivity index (χ3v) is 2.36. The lowest BCUT2D eigenvalue weighted by atomic mass is 10.1. The van der Waals surface area contributed by atoms with Gasteiger partial charge in [0.2, 0.25) is 5.91 Å². The number of benzene rings is 1. The van der Waals surface area contributed by atoms with E-state index < -0.39 is 0 Å². The van der Waals surface area contributed by atoms with Crippen LogP contribution in [0.15, 0.2) is 18.2 Å². The Balaban J connectivity index is 2.35. The Morgan fingerprint density at radius 2 is 2.23 bits per heavy atom. The number of nitrogens with zero attached hydrogens (tertiary/aromatic N) is 1. The molecule has 1 aliphatic heterocycles. The highest BCUT2D eigenvalue weighted by Crippen LogP contribution is 2.26. The minimum Gasteiger partial charge on any atom is -0.399 e. The van der Waals surface area contributed by atoms with Gasteiger partial charge in [0.05, 0.1) is 0 Å². The second-order valence-electron chi connectivity index (χ2n) is 3.34. The van der Waals surface area contributed by atoms with Gasteiger partial charge in [0.1, 0.15) is 0 Å². The Morgan fingerprint density at radius 1 is 1.46 bits per heavy atom. The van der Waals surface area contributed by atoms with Crippen LogP contribution in [-0.2, 0) is 4.79 Å². The van der Waals surface area contributed by atoms with E-state index in [2.05, 4.69) is 0 Å². The second kappa shape index (κ2) is 2.76. The first-order chi connectivity index (χ1) is 6.18. The van der Waals surface area contributed by atoms with Gasteiger partial charge in [-0.1, -0.05) is 0 Å². The molecule has 0 spiro atoms. The number of anilines is 2. The van der Waals surface area contributed by atoms with E-state index in [-0.39, 0.29) is 5.91 Å². The molecular weight excluding hydrogens is 164 g/mol. The number of hydrogen-bond donors (Lipinski definition) is 1. The molecule has 0 unspecified atom stereocenters. The van der Waals surface area contributed by atoms with Gasteiger partial charge >= 0.3 is 0 Å². The quantitative estimate of drug-likeness (QED) is 0.518. The maximum Gasteiger partial charge on any atom is 0.228 e. The van der Waals surface area contributed by atoms with E-state index in [9.17, 15) is 4.79 Å². The highest BCUT2D eigenvalue weighted by Gasteiger charge is 2.25. The first-order valence-corrected chi connectivity index (χ1v) is 4.35. The van der Waals surface area contributed by atoms with E-state index in [1.165, 1.54) is 0 Å². The summed E-state index contributed by atoms with van der Waals surface area (Å²) < 4.78 is 0. The molecule has 13 heavy (non-hydrogen) atoms. The van der Waals surface area contributed by atoms with E-state index in [0.717, 1.165) is 23.5 Å². The number of amides is 1. The summed E-state index contributed by atoms with van der Waals surface area (Å²) in [6.45, 7) is 2.81. The zero-order valence-electron chi connectivity index (χ0n) is 7.58. The summed E-state index contributed by atoms with van der Waals surface area (Å²) in [5.74, 6) is 0.202. The largest absolute Gasteiger partial charge is 0.399 e. The number of nitrogen functional groups attached to an aromatic ring is 1. The van der Waals surface area contributed by atoms with E-state index in [4.69, 9.17) is 5.73 Å². The minimum absolute atomic E-state index is 0.202. The van der Waals surface area contributed by atoms with Crippen LogP contribution < -0.4 is 10.6 Å². The third-order valence-electron chi connectivity index (χ3n) is 2.36. The van der Waals surface area contributed by atoms with Crippen molar-refractivity contribution in [1.82, 2.24) is 0 Å². The van der Waals surface area contributed by atoms with Crippen LogP contribution >= 0.6 is 0 Å². The molecule has 2 N–H and O–H groups in total. The average molecular weight is 176 g/mol. The van der Waals surface area contributed by atoms with Gasteiger partial charge in [-0.2, -0.15) is 0 Å². The predicted octanol–water partition coefficient (Wildman–Crippen LogP) is 1.31. The van der Waals surface area contributed by atoms with E-state index in [1.54, 1.807) is 4.90 Å². The summed E-state index contributed by atoms with van der Waals surface area (Å²) in [6.07, 6.45) is 0.670. The van der Waals surface area contributed by atoms with Crippen molar-refractivity contribution >= 4 is 17.3 Å². The van der Waals surface area contributed by atoms with Gasteiger partial charge in [-0.25, -0.2) is 0 Å². The number of rotatable bonds is 1. The van der Waals surface area contributed by atoms with E-state index in [0.29, 0.717) is 6.42 Å². The number of nitrogens with two attached hydrogens (primary N) is 1. The number of carbonyl (C=O) groups is 1. The van der Waals surface area contributed by atoms with Crippen LogP contribution in [0, 0.1) is 6.92 Å². The van der Waals surface area contributed by atoms with Crippen LogP contribution in [0.3, 0.4) is 0 Å². The lowest BCUT2D eigenvalue weighted by Crippen LogP contribution is -2.43. The molecule has 68 valence electrons. The molecule has 1 fully saturated rings. The van der Waals surface area contributed by atoms with Crippen molar-refractivity contribution < 1.29 is 4.79 Å². The highest BCUT2D eigenvalue weighted by molar-refractivity contribution is 6.00. The Hall–Kier alpha value is -1.51. The van der Waals surface area contributed by atoms with Gasteiger partial charge in [0.25, 0.3) is 0 Å². The summed E-state index contributed by atoms with van der Waals surface area (Å²) in [5, 5.41) is 0. The summed E-state index contributed by atoms with van der Waals surface area (Å²) >= 11 is 0. The molecule has 1 aliphatic rings. The van der Waals surface area contributed by atoms with Gasteiger partial charge in [0, 0.05) is 24.3 Å². The number of hydrogen-bond acceptors (Lipinski definition) is 2. The Kier molecular flexibility index (Phi) is 1.72. The predicted molar refractivity (Wildman–Crippen MR) is 52.6 cm³/mol. The Bertz CT molecular complexity index is 360. The van der Waals surface area contributed by atoms with Crippen molar-refractivity contribution in [2.45, 2.75) is 13.3 Å². The van der Waals surface area contributed by atoms with Gasteiger partial charge in [-0.3, -0.25) is 4.79 Å². The SMILES string of the molecule is Cc1cc(N)ccc1N1CCC1=O. The fraction of sp³-hybridized carbons (Fsp3) is 0.300. The molecule has 3 heteroatoms. The zero-order chi connectivity index (χ0) is 9.42. The summed E-state index contributed by atoms with van der Waals surface area (Å²) in [7, 11) is 0. The van der Waals surface area contributed by atoms with Crippen molar-refractivity contribution in [3.8, 4) is 0 Å². The normalized spacial score (nSPS) is 15.8. The third kappa shape index (κ3) is 1.26. The number of β-lactam (4-membered cyclic amide) rings is 1. The molecular formula is C10H12N2O. The first kappa shape index (κ1) is 8.10. The van der Waals surface area contributed by atoms with Crippen molar-refractivity contribution in [2.75, 3.05) is 17.2 Å². The molecule has 1 aromatic carbocycles. The minimum atomic E-state index is 0.202. The summed E-state index contributed by atoms with van der Waals surface area (Å²) in [6, 6.07) is 5.62. The second-order valence-corrected chi connectivity index (χ2v) is 3.34. The molecule has 0 radical (unpaired) electrons. The van der Waals surface area contributed by atoms with E-state index in [1.807, 2.05) is 25.1 Å². The van der Waals surface area contributed by atoms with Gasteiger partial charge < -0.3 is 10.6 Å². The average Bonchev–Trinajstić information content (AvgIpc) is 2.07. The Morgan fingerprint density at radius 3 is 2.69 bits per heavy atom. The van der Waals surface area contributed by atoms with Gasteiger partial charge in [0.15, 0.2) is 0 Å². The van der Waals surface area contributed by atoms with Gasteiger partial charge in [-0.15, -0.1) is 0 Å². The maximum absolute atomic E-state index is 11.2. The van der Waals surface area contributed by atoms with E-state index >= 15 is 0 Å². The molecule has 0 atom stereocenters. The zero-order valence-corrected chi connectivity index (χ0v) is 7.58. The summed E-state index contributed by atoms with van der Waals surface area (Å²) in [5.41, 5.74) is 8.42. The van der Waals surface area contributed by atoms with Gasteiger partial charge in [-0.05, 0) is 30.7 Å². The van der Waals surface area contributed by atoms with Crippen molar-refractivity contribution in [3.05, 3.63) is 23.8 Å². The van der Waals surface area contributed by atoms with Crippen LogP contribution in [0.25, 0.3) is 0 Å². The topological polar surface area (TPSA) is 46.3 Å². The Labute approximate surface area is 77.1 Å². The van der Waals surface area contributed by atoms with Crippen LogP contribution in [0.2, 0.25) is 0 Å². The van der Waals surface area contributed by atoms with Crippen molar-refractivity contribution in [1.29, 1.82) is 0 Å². The molecule has 0 bridgehead atoms. The molecule has 1 saturated heterocycles. The molecule has 0 aliphatic carbocycles. The smallest absolute Gasteiger partial charge is 0.228 e. The molecule has 0 saturated carbocycles. The summed E-state index contributed by atoms with van der Waals surface area (Å²) in [4.78, 5) is 12.9. The fourth-order valence-electron chi connectivity index (χ4n) is 1.55. The fourth-order valence-corrected chi connectivity index (χ4v) is 1.55. The molecule has 1 aromatic rings. The van der Waals surface area contributed by atoms with Crippen LogP contribution in [0.5, 0.6) is 0 Å². The van der Waals surface area contributed by atoms with Crippen LogP contribution in [0.4, 0.5) is 11.4 Å². The molecule has 2 rings (SSSR count). The molecule has 0 aromatic heterocycles. The number of aryl methyl sites for hydroxylation is 1. The van der Waals surface area contributed by atoms with Crippen molar-refractivity contribution in [3.63, 3.8) is 0 Å². The monoisotopic (exact) mass is 176 g/mol. The molecule has 3 nitrogen and oxygen atoms in total. The van der Waals surface area contributed by atoms with Crippen LogP contribution in [0.1, 0.15) is 12.0 Å². The lowest BCUT2D eigenvalue weighted by Gasteiger charge is -2.31. The van der Waals surface area contributed by atoms with Crippen LogP contribution in [-0.4, -0.2) is 12.5 Å². The highest BCUT2D eigenvalue weighted by atomic mass is 16.2. The molecule has 1 amide bonds. The van der Waals surface area contributed by atoms with Crippen molar-refractivity contribution in [2.24, 2.45) is 0 Å².